The number of nitrogens with one attached hydrogen (secondary N) is 2. The second kappa shape index (κ2) is 4.87. The molecule has 2 aliphatic heterocycles. The summed E-state index contributed by atoms with van der Waals surface area (Å²) in [6, 6.07) is 4.98. The molecule has 2 heterocycles. The Balaban J connectivity index is 1.76. The highest BCUT2D eigenvalue weighted by Gasteiger charge is 2.24. The maximum Gasteiger partial charge on any atom is 0.301 e. The molecule has 0 amide bonds. The molecule has 2 N–H and O–H groups in total. The third kappa shape index (κ3) is 2.60. The number of benzene rings is 1. The molecule has 104 valence electrons. The summed E-state index contributed by atoms with van der Waals surface area (Å²) < 4.78 is 38.7. The van der Waals surface area contributed by atoms with Gasteiger partial charge in [0.05, 0.1) is 5.69 Å². The van der Waals surface area contributed by atoms with Crippen molar-refractivity contribution in [2.24, 2.45) is 0 Å². The van der Waals surface area contributed by atoms with Crippen LogP contribution in [0.3, 0.4) is 0 Å². The molecule has 1 fully saturated rings. The normalized spacial score (nSPS) is 19.4. The van der Waals surface area contributed by atoms with Gasteiger partial charge in [0, 0.05) is 32.2 Å². The molecule has 0 atom stereocenters. The van der Waals surface area contributed by atoms with E-state index < -0.39 is 10.2 Å². The van der Waals surface area contributed by atoms with Crippen LogP contribution in [0, 0.1) is 0 Å². The smallest absolute Gasteiger partial charge is 0.301 e. The summed E-state index contributed by atoms with van der Waals surface area (Å²) in [6.45, 7) is 2.45. The molecule has 0 radical (unpaired) electrons. The number of anilines is 1. The van der Waals surface area contributed by atoms with Gasteiger partial charge in [0.1, 0.15) is 0 Å². The molecule has 1 aromatic rings. The molecule has 1 aromatic carbocycles. The van der Waals surface area contributed by atoms with Crippen LogP contribution >= 0.6 is 0 Å². The van der Waals surface area contributed by atoms with Crippen molar-refractivity contribution in [3.63, 3.8) is 0 Å². The second-order valence-electron chi connectivity index (χ2n) is 4.32. The fourth-order valence-corrected chi connectivity index (χ4v) is 3.28. The number of hydrogen-bond donors (Lipinski definition) is 2. The minimum atomic E-state index is -3.51. The monoisotopic (exact) mass is 285 g/mol. The van der Waals surface area contributed by atoms with Gasteiger partial charge in [-0.05, 0) is 12.1 Å². The van der Waals surface area contributed by atoms with Gasteiger partial charge < -0.3 is 14.8 Å². The Hall–Kier alpha value is -1.51. The molecule has 1 saturated heterocycles. The molecule has 0 saturated carbocycles. The van der Waals surface area contributed by atoms with Gasteiger partial charge >= 0.3 is 10.2 Å². The Labute approximate surface area is 111 Å². The topological polar surface area (TPSA) is 79.9 Å². The molecule has 8 heteroatoms. The first-order chi connectivity index (χ1) is 9.15. The minimum Gasteiger partial charge on any atom is -0.454 e. The summed E-state index contributed by atoms with van der Waals surface area (Å²) in [4.78, 5) is 0. The summed E-state index contributed by atoms with van der Waals surface area (Å²) in [5, 5.41) is 3.11. The minimum absolute atomic E-state index is 0.170. The lowest BCUT2D eigenvalue weighted by Gasteiger charge is -2.26. The Morgan fingerprint density at radius 3 is 2.68 bits per heavy atom. The van der Waals surface area contributed by atoms with Crippen LogP contribution in [0.15, 0.2) is 18.2 Å². The first kappa shape index (κ1) is 12.5. The van der Waals surface area contributed by atoms with E-state index >= 15 is 0 Å². The van der Waals surface area contributed by atoms with Crippen molar-refractivity contribution in [3.05, 3.63) is 18.2 Å². The van der Waals surface area contributed by atoms with E-state index in [4.69, 9.17) is 9.47 Å². The lowest BCUT2D eigenvalue weighted by molar-refractivity contribution is 0.174. The maximum absolute atomic E-state index is 12.2. The molecule has 0 aromatic heterocycles. The van der Waals surface area contributed by atoms with E-state index in [0.29, 0.717) is 43.4 Å². The van der Waals surface area contributed by atoms with Crippen LogP contribution < -0.4 is 19.5 Å². The first-order valence-electron chi connectivity index (χ1n) is 6.03. The number of nitrogens with zero attached hydrogens (tertiary/aromatic N) is 1. The van der Waals surface area contributed by atoms with Crippen LogP contribution in [0.2, 0.25) is 0 Å². The Kier molecular flexibility index (Phi) is 3.21. The van der Waals surface area contributed by atoms with Gasteiger partial charge in [0.2, 0.25) is 6.79 Å². The zero-order valence-corrected chi connectivity index (χ0v) is 11.1. The van der Waals surface area contributed by atoms with E-state index in [1.165, 1.54) is 4.31 Å². The number of rotatable bonds is 3. The highest BCUT2D eigenvalue weighted by atomic mass is 32.2. The lowest BCUT2D eigenvalue weighted by Crippen LogP contribution is -2.48. The average molecular weight is 285 g/mol. The fraction of sp³-hybridized carbons (Fsp3) is 0.455. The van der Waals surface area contributed by atoms with Gasteiger partial charge in [-0.1, -0.05) is 0 Å². The van der Waals surface area contributed by atoms with Gasteiger partial charge in [-0.3, -0.25) is 4.72 Å². The zero-order valence-electron chi connectivity index (χ0n) is 10.3. The van der Waals surface area contributed by atoms with E-state index in [2.05, 4.69) is 10.0 Å². The third-order valence-electron chi connectivity index (χ3n) is 3.04. The summed E-state index contributed by atoms with van der Waals surface area (Å²) in [5.74, 6) is 1.19. The third-order valence-corrected chi connectivity index (χ3v) is 4.57. The summed E-state index contributed by atoms with van der Waals surface area (Å²) >= 11 is 0. The van der Waals surface area contributed by atoms with Crippen LogP contribution in [0.5, 0.6) is 11.5 Å². The number of fused-ring (bicyclic) bond motifs is 1. The van der Waals surface area contributed by atoms with Crippen molar-refractivity contribution < 1.29 is 17.9 Å². The number of hydrogen-bond acceptors (Lipinski definition) is 5. The summed E-state index contributed by atoms with van der Waals surface area (Å²) in [7, 11) is -3.51. The summed E-state index contributed by atoms with van der Waals surface area (Å²) in [6.07, 6.45) is 0. The van der Waals surface area contributed by atoms with Crippen molar-refractivity contribution in [1.29, 1.82) is 0 Å². The van der Waals surface area contributed by atoms with Gasteiger partial charge in [0.25, 0.3) is 0 Å². The van der Waals surface area contributed by atoms with Crippen LogP contribution in [0.1, 0.15) is 0 Å². The number of piperazine rings is 1. The van der Waals surface area contributed by atoms with Crippen molar-refractivity contribution in [1.82, 2.24) is 9.62 Å². The fourth-order valence-electron chi connectivity index (χ4n) is 2.06. The van der Waals surface area contributed by atoms with Crippen molar-refractivity contribution >= 4 is 15.9 Å². The Bertz CT molecular complexity index is 569. The van der Waals surface area contributed by atoms with E-state index in [0.717, 1.165) is 0 Å². The Morgan fingerprint density at radius 2 is 1.89 bits per heavy atom. The summed E-state index contributed by atoms with van der Waals surface area (Å²) in [5.41, 5.74) is 0.475. The SMILES string of the molecule is O=S(=O)(Nc1ccc2c(c1)OCO2)N1CCNCC1. The van der Waals surface area contributed by atoms with Crippen LogP contribution in [-0.2, 0) is 10.2 Å². The quantitative estimate of drug-likeness (QED) is 0.816. The van der Waals surface area contributed by atoms with Crippen molar-refractivity contribution in [3.8, 4) is 11.5 Å². The van der Waals surface area contributed by atoms with Gasteiger partial charge in [-0.2, -0.15) is 12.7 Å². The zero-order chi connectivity index (χ0) is 13.3. The molecule has 0 unspecified atom stereocenters. The first-order valence-corrected chi connectivity index (χ1v) is 7.47. The van der Waals surface area contributed by atoms with E-state index in [9.17, 15) is 8.42 Å². The average Bonchev–Trinajstić information content (AvgIpc) is 2.87. The molecular formula is C11H15N3O4S. The van der Waals surface area contributed by atoms with Crippen LogP contribution in [-0.4, -0.2) is 45.7 Å². The lowest BCUT2D eigenvalue weighted by atomic mass is 10.3. The maximum atomic E-state index is 12.2. The largest absolute Gasteiger partial charge is 0.454 e. The molecule has 3 rings (SSSR count). The molecule has 19 heavy (non-hydrogen) atoms. The Morgan fingerprint density at radius 1 is 1.16 bits per heavy atom. The van der Waals surface area contributed by atoms with Crippen molar-refractivity contribution in [2.75, 3.05) is 37.7 Å². The van der Waals surface area contributed by atoms with Crippen molar-refractivity contribution in [2.45, 2.75) is 0 Å². The molecule has 0 spiro atoms. The predicted octanol–water partition coefficient (Wildman–Crippen LogP) is -0.0228. The van der Waals surface area contributed by atoms with Gasteiger partial charge in [-0.15, -0.1) is 0 Å². The second-order valence-corrected chi connectivity index (χ2v) is 5.99. The van der Waals surface area contributed by atoms with Gasteiger partial charge in [-0.25, -0.2) is 0 Å². The van der Waals surface area contributed by atoms with Crippen LogP contribution in [0.25, 0.3) is 0 Å². The molecular weight excluding hydrogens is 270 g/mol. The highest BCUT2D eigenvalue weighted by molar-refractivity contribution is 7.90. The molecule has 0 bridgehead atoms. The predicted molar refractivity (Wildman–Crippen MR) is 69.6 cm³/mol. The number of ether oxygens (including phenoxy) is 2. The van der Waals surface area contributed by atoms with E-state index in [1.807, 2.05) is 0 Å². The molecule has 7 nitrogen and oxygen atoms in total. The van der Waals surface area contributed by atoms with E-state index in [-0.39, 0.29) is 6.79 Å². The molecule has 2 aliphatic rings. The van der Waals surface area contributed by atoms with Crippen LogP contribution in [0.4, 0.5) is 5.69 Å². The van der Waals surface area contributed by atoms with E-state index in [1.54, 1.807) is 18.2 Å². The highest BCUT2D eigenvalue weighted by Crippen LogP contribution is 2.34. The molecule has 0 aliphatic carbocycles. The van der Waals surface area contributed by atoms with Gasteiger partial charge in [0.15, 0.2) is 11.5 Å². The standard InChI is InChI=1S/C11H15N3O4S/c15-19(16,14-5-3-12-4-6-14)13-9-1-2-10-11(7-9)18-8-17-10/h1-2,7,12-13H,3-6,8H2.